The first kappa shape index (κ1) is 25.2. The Morgan fingerprint density at radius 2 is 1.48 bits per heavy atom. The van der Waals surface area contributed by atoms with Crippen LogP contribution in [0.25, 0.3) is 0 Å². The van der Waals surface area contributed by atoms with Crippen molar-refractivity contribution in [2.45, 2.75) is 19.6 Å². The molecule has 2 N–H and O–H groups in total. The number of guanidine groups is 1. The molecule has 0 unspecified atom stereocenters. The molecule has 0 spiro atoms. The summed E-state index contributed by atoms with van der Waals surface area (Å²) in [6.07, 6.45) is 0. The second-order valence-electron chi connectivity index (χ2n) is 7.17. The van der Waals surface area contributed by atoms with Gasteiger partial charge in [-0.05, 0) is 28.8 Å². The number of benzene rings is 2. The van der Waals surface area contributed by atoms with E-state index in [-0.39, 0.29) is 24.0 Å². The number of morpholine rings is 1. The van der Waals surface area contributed by atoms with E-state index in [0.29, 0.717) is 13.1 Å². The number of hydrogen-bond donors (Lipinski definition) is 2. The number of hydrogen-bond acceptors (Lipinski definition) is 5. The Morgan fingerprint density at radius 1 is 0.903 bits per heavy atom. The van der Waals surface area contributed by atoms with Crippen LogP contribution in [0.2, 0.25) is 0 Å². The van der Waals surface area contributed by atoms with Gasteiger partial charge in [-0.3, -0.25) is 9.89 Å². The number of nitrogens with zero attached hydrogens (tertiary/aromatic N) is 2. The molecule has 0 aliphatic carbocycles. The maximum absolute atomic E-state index is 5.41. The molecule has 2 aromatic carbocycles. The van der Waals surface area contributed by atoms with Crippen molar-refractivity contribution < 1.29 is 14.2 Å². The normalized spacial score (nSPS) is 14.5. The van der Waals surface area contributed by atoms with Crippen molar-refractivity contribution in [3.05, 3.63) is 59.2 Å². The van der Waals surface area contributed by atoms with Crippen molar-refractivity contribution in [3.63, 3.8) is 0 Å². The van der Waals surface area contributed by atoms with Gasteiger partial charge in [-0.25, -0.2) is 0 Å². The highest BCUT2D eigenvalue weighted by Gasteiger charge is 2.10. The molecule has 2 aromatic rings. The summed E-state index contributed by atoms with van der Waals surface area (Å²) in [5.74, 6) is 2.19. The van der Waals surface area contributed by atoms with Crippen LogP contribution in [-0.4, -0.2) is 58.4 Å². The monoisotopic (exact) mass is 540 g/mol. The largest absolute Gasteiger partial charge is 0.493 e. The van der Waals surface area contributed by atoms with Gasteiger partial charge in [0.15, 0.2) is 17.5 Å². The number of methoxy groups -OCH3 is 2. The van der Waals surface area contributed by atoms with Gasteiger partial charge in [-0.1, -0.05) is 30.3 Å². The van der Waals surface area contributed by atoms with Gasteiger partial charge < -0.3 is 24.8 Å². The SMILES string of the molecule is CN=C(NCc1ccc(CN2CCOCC2)cc1)NCc1ccc(OC)c(OC)c1.I. The second-order valence-corrected chi connectivity index (χ2v) is 7.17. The van der Waals surface area contributed by atoms with Crippen LogP contribution in [0.4, 0.5) is 0 Å². The average Bonchev–Trinajstić information content (AvgIpc) is 2.80. The van der Waals surface area contributed by atoms with Crippen LogP contribution in [0.3, 0.4) is 0 Å². The fourth-order valence-corrected chi connectivity index (χ4v) is 3.36. The molecule has 0 saturated carbocycles. The molecule has 1 saturated heterocycles. The predicted molar refractivity (Wildman–Crippen MR) is 135 cm³/mol. The van der Waals surface area contributed by atoms with Crippen molar-refractivity contribution in [1.82, 2.24) is 15.5 Å². The maximum atomic E-state index is 5.41. The zero-order valence-electron chi connectivity index (χ0n) is 18.5. The number of rotatable bonds is 8. The molecule has 0 amide bonds. The average molecular weight is 540 g/mol. The van der Waals surface area contributed by atoms with E-state index in [2.05, 4.69) is 44.8 Å². The summed E-state index contributed by atoms with van der Waals surface area (Å²) in [6.45, 7) is 6.00. The summed E-state index contributed by atoms with van der Waals surface area (Å²) in [6, 6.07) is 14.6. The van der Waals surface area contributed by atoms with E-state index < -0.39 is 0 Å². The van der Waals surface area contributed by atoms with Crippen LogP contribution in [-0.2, 0) is 24.4 Å². The number of aliphatic imine (C=N–C) groups is 1. The predicted octanol–water partition coefficient (Wildman–Crippen LogP) is 3.02. The molecular weight excluding hydrogens is 507 g/mol. The number of ether oxygens (including phenoxy) is 3. The van der Waals surface area contributed by atoms with Crippen LogP contribution < -0.4 is 20.1 Å². The molecule has 8 heteroatoms. The highest BCUT2D eigenvalue weighted by molar-refractivity contribution is 14.0. The van der Waals surface area contributed by atoms with Gasteiger partial charge in [0.2, 0.25) is 0 Å². The van der Waals surface area contributed by atoms with E-state index in [0.717, 1.165) is 55.9 Å². The second kappa shape index (κ2) is 13.4. The Bertz CT molecular complexity index is 824. The summed E-state index contributed by atoms with van der Waals surface area (Å²) < 4.78 is 16.1. The van der Waals surface area contributed by atoms with Crippen molar-refractivity contribution in [1.29, 1.82) is 0 Å². The summed E-state index contributed by atoms with van der Waals surface area (Å²) in [7, 11) is 5.05. The lowest BCUT2D eigenvalue weighted by molar-refractivity contribution is 0.0342. The Hall–Kier alpha value is -2.04. The Kier molecular flexibility index (Phi) is 10.9. The van der Waals surface area contributed by atoms with Gasteiger partial charge in [-0.2, -0.15) is 0 Å². The molecule has 1 aliphatic rings. The molecule has 0 bridgehead atoms. The van der Waals surface area contributed by atoms with Gasteiger partial charge in [0.1, 0.15) is 0 Å². The van der Waals surface area contributed by atoms with Crippen LogP contribution >= 0.6 is 24.0 Å². The molecule has 3 rings (SSSR count). The maximum Gasteiger partial charge on any atom is 0.191 e. The first-order valence-electron chi connectivity index (χ1n) is 10.2. The van der Waals surface area contributed by atoms with E-state index in [4.69, 9.17) is 14.2 Å². The van der Waals surface area contributed by atoms with Gasteiger partial charge in [-0.15, -0.1) is 24.0 Å². The van der Waals surface area contributed by atoms with Crippen molar-refractivity contribution in [2.75, 3.05) is 47.6 Å². The van der Waals surface area contributed by atoms with Crippen LogP contribution in [0.5, 0.6) is 11.5 Å². The molecule has 1 aliphatic heterocycles. The van der Waals surface area contributed by atoms with Crippen LogP contribution in [0, 0.1) is 0 Å². The molecule has 1 heterocycles. The topological polar surface area (TPSA) is 67.4 Å². The number of nitrogens with one attached hydrogen (secondary N) is 2. The molecule has 0 atom stereocenters. The fourth-order valence-electron chi connectivity index (χ4n) is 3.36. The molecule has 1 fully saturated rings. The minimum atomic E-state index is 0. The Labute approximate surface area is 202 Å². The smallest absolute Gasteiger partial charge is 0.191 e. The van der Waals surface area contributed by atoms with Crippen molar-refractivity contribution >= 4 is 29.9 Å². The Balaban J connectivity index is 0.00000341. The van der Waals surface area contributed by atoms with Crippen molar-refractivity contribution in [2.24, 2.45) is 4.99 Å². The van der Waals surface area contributed by atoms with Crippen LogP contribution in [0.15, 0.2) is 47.5 Å². The van der Waals surface area contributed by atoms with E-state index in [1.54, 1.807) is 21.3 Å². The summed E-state index contributed by atoms with van der Waals surface area (Å²) in [5.41, 5.74) is 3.63. The minimum Gasteiger partial charge on any atom is -0.493 e. The summed E-state index contributed by atoms with van der Waals surface area (Å²) in [5, 5.41) is 6.70. The number of halogens is 1. The highest BCUT2D eigenvalue weighted by atomic mass is 127. The van der Waals surface area contributed by atoms with E-state index in [9.17, 15) is 0 Å². The zero-order valence-corrected chi connectivity index (χ0v) is 20.8. The van der Waals surface area contributed by atoms with Gasteiger partial charge >= 0.3 is 0 Å². The molecule has 7 nitrogen and oxygen atoms in total. The molecular formula is C23H33IN4O3. The lowest BCUT2D eigenvalue weighted by atomic mass is 10.1. The third kappa shape index (κ3) is 7.86. The highest BCUT2D eigenvalue weighted by Crippen LogP contribution is 2.27. The quantitative estimate of drug-likeness (QED) is 0.305. The molecule has 0 radical (unpaired) electrons. The summed E-state index contributed by atoms with van der Waals surface area (Å²) in [4.78, 5) is 6.74. The Morgan fingerprint density at radius 3 is 2.10 bits per heavy atom. The molecule has 0 aromatic heterocycles. The van der Waals surface area contributed by atoms with Crippen molar-refractivity contribution in [3.8, 4) is 11.5 Å². The fraction of sp³-hybridized carbons (Fsp3) is 0.435. The first-order valence-corrected chi connectivity index (χ1v) is 10.2. The third-order valence-corrected chi connectivity index (χ3v) is 5.12. The molecule has 31 heavy (non-hydrogen) atoms. The molecule has 170 valence electrons. The summed E-state index contributed by atoms with van der Waals surface area (Å²) >= 11 is 0. The van der Waals surface area contributed by atoms with E-state index >= 15 is 0 Å². The standard InChI is InChI=1S/C23H32N4O3.HI/c1-24-23(26-16-20-8-9-21(28-2)22(14-20)29-3)25-15-18-4-6-19(7-5-18)17-27-10-12-30-13-11-27;/h4-9,14H,10-13,15-17H2,1-3H3,(H2,24,25,26);1H. The van der Waals surface area contributed by atoms with Crippen LogP contribution in [0.1, 0.15) is 16.7 Å². The lowest BCUT2D eigenvalue weighted by Gasteiger charge is -2.26. The van der Waals surface area contributed by atoms with E-state index in [1.807, 2.05) is 18.2 Å². The lowest BCUT2D eigenvalue weighted by Crippen LogP contribution is -2.36. The van der Waals surface area contributed by atoms with Gasteiger partial charge in [0.25, 0.3) is 0 Å². The van der Waals surface area contributed by atoms with Gasteiger partial charge in [0, 0.05) is 39.8 Å². The van der Waals surface area contributed by atoms with E-state index in [1.165, 1.54) is 11.1 Å². The minimum absolute atomic E-state index is 0. The third-order valence-electron chi connectivity index (χ3n) is 5.12. The zero-order chi connectivity index (χ0) is 21.2. The van der Waals surface area contributed by atoms with Gasteiger partial charge in [0.05, 0.1) is 27.4 Å². The first-order chi connectivity index (χ1) is 14.7.